The zero-order valence-electron chi connectivity index (χ0n) is 18.4. The topological polar surface area (TPSA) is 86.2 Å². The number of nitrogens with one attached hydrogen (secondary N) is 2. The number of para-hydroxylation sites is 1. The number of allylic oxidation sites excluding steroid dienone is 2. The molecule has 32 heavy (non-hydrogen) atoms. The van der Waals surface area contributed by atoms with Crippen molar-refractivity contribution in [2.24, 2.45) is 4.99 Å². The fraction of sp³-hybridized carbons (Fsp3) is 0.400. The van der Waals surface area contributed by atoms with Gasteiger partial charge in [-0.1, -0.05) is 36.8 Å². The molecule has 1 atom stereocenters. The van der Waals surface area contributed by atoms with Crippen LogP contribution in [0.5, 0.6) is 5.88 Å². The van der Waals surface area contributed by atoms with Gasteiger partial charge in [0.15, 0.2) is 4.77 Å². The molecule has 0 saturated heterocycles. The summed E-state index contributed by atoms with van der Waals surface area (Å²) in [6, 6.07) is 8.19. The Kier molecular flexibility index (Phi) is 7.05. The fourth-order valence-electron chi connectivity index (χ4n) is 4.32. The van der Waals surface area contributed by atoms with Crippen molar-refractivity contribution in [3.63, 3.8) is 0 Å². The smallest absolute Gasteiger partial charge is 0.264 e. The second-order valence-electron chi connectivity index (χ2n) is 8.41. The molecule has 1 aliphatic carbocycles. The van der Waals surface area contributed by atoms with Crippen LogP contribution in [0.2, 0.25) is 0 Å². The molecular formula is C25H30N4O2S. The minimum absolute atomic E-state index is 0.00275. The van der Waals surface area contributed by atoms with E-state index < -0.39 is 5.56 Å². The highest BCUT2D eigenvalue weighted by Gasteiger charge is 2.14. The highest BCUT2D eigenvalue weighted by atomic mass is 32.1. The van der Waals surface area contributed by atoms with Crippen LogP contribution < -0.4 is 5.56 Å². The molecule has 0 spiro atoms. The van der Waals surface area contributed by atoms with Gasteiger partial charge < -0.3 is 10.1 Å². The monoisotopic (exact) mass is 450 g/mol. The molecule has 168 valence electrons. The van der Waals surface area contributed by atoms with Crippen LogP contribution >= 0.6 is 12.2 Å². The lowest BCUT2D eigenvalue weighted by Gasteiger charge is -2.15. The van der Waals surface area contributed by atoms with E-state index in [1.54, 1.807) is 4.57 Å². The van der Waals surface area contributed by atoms with E-state index in [0.29, 0.717) is 6.54 Å². The lowest BCUT2D eigenvalue weighted by Crippen LogP contribution is -2.20. The predicted octanol–water partition coefficient (Wildman–Crippen LogP) is 5.42. The van der Waals surface area contributed by atoms with Gasteiger partial charge in [0, 0.05) is 29.9 Å². The van der Waals surface area contributed by atoms with E-state index in [0.717, 1.165) is 37.6 Å². The van der Waals surface area contributed by atoms with E-state index in [-0.39, 0.29) is 22.3 Å². The van der Waals surface area contributed by atoms with E-state index in [1.807, 2.05) is 18.3 Å². The molecule has 0 saturated carbocycles. The van der Waals surface area contributed by atoms with E-state index in [1.165, 1.54) is 35.6 Å². The van der Waals surface area contributed by atoms with Crippen LogP contribution in [0.4, 0.5) is 0 Å². The second-order valence-corrected chi connectivity index (χ2v) is 8.80. The molecule has 2 heterocycles. The Balaban J connectivity index is 1.54. The number of aromatic nitrogens is 3. The van der Waals surface area contributed by atoms with Crippen molar-refractivity contribution in [1.82, 2.24) is 14.5 Å². The lowest BCUT2D eigenvalue weighted by atomic mass is 9.97. The second kappa shape index (κ2) is 10.1. The summed E-state index contributed by atoms with van der Waals surface area (Å²) in [6.07, 6.45) is 12.9. The van der Waals surface area contributed by atoms with E-state index in [2.05, 4.69) is 40.1 Å². The summed E-state index contributed by atoms with van der Waals surface area (Å²) in [4.78, 5) is 23.2. The maximum absolute atomic E-state index is 12.5. The van der Waals surface area contributed by atoms with Gasteiger partial charge in [-0.2, -0.15) is 0 Å². The molecule has 0 aliphatic heterocycles. The standard InChI is InChI=1S/C25H30N4O2S/c1-2-19(14-18-15-27-22-11-7-6-10-20(18)22)26-16-21-23(30)28-25(32)29(24(21)31)13-12-17-8-4-3-5-9-17/h6-8,10-11,15-16,19,27,31H,2-5,9,12-14H2,1H3,(H,28,30,32). The summed E-state index contributed by atoms with van der Waals surface area (Å²) in [5.74, 6) is -0.110. The summed E-state index contributed by atoms with van der Waals surface area (Å²) < 4.78 is 1.85. The molecule has 6 nitrogen and oxygen atoms in total. The third kappa shape index (κ3) is 4.93. The predicted molar refractivity (Wildman–Crippen MR) is 132 cm³/mol. The van der Waals surface area contributed by atoms with Crippen molar-refractivity contribution in [1.29, 1.82) is 0 Å². The number of H-pyrrole nitrogens is 2. The number of hydrogen-bond donors (Lipinski definition) is 3. The summed E-state index contributed by atoms with van der Waals surface area (Å²) in [5.41, 5.74) is 3.44. The van der Waals surface area contributed by atoms with Gasteiger partial charge in [0.05, 0.1) is 6.04 Å². The summed E-state index contributed by atoms with van der Waals surface area (Å²) in [5, 5.41) is 12.0. The minimum Gasteiger partial charge on any atom is -0.494 e. The minimum atomic E-state index is -0.411. The first-order valence-electron chi connectivity index (χ1n) is 11.4. The Bertz CT molecular complexity index is 1260. The molecule has 1 aromatic carbocycles. The SMILES string of the molecule is CCC(Cc1c[nH]c2ccccc12)N=Cc1c(O)n(CCC2=CCCCC2)c(=S)[nH]c1=O. The number of benzene rings is 1. The van der Waals surface area contributed by atoms with E-state index in [4.69, 9.17) is 12.2 Å². The Morgan fingerprint density at radius 2 is 2.16 bits per heavy atom. The molecule has 0 amide bonds. The van der Waals surface area contributed by atoms with Gasteiger partial charge >= 0.3 is 0 Å². The van der Waals surface area contributed by atoms with Crippen LogP contribution in [-0.4, -0.2) is 31.9 Å². The largest absolute Gasteiger partial charge is 0.494 e. The molecule has 0 fully saturated rings. The summed E-state index contributed by atoms with van der Waals surface area (Å²) >= 11 is 5.31. The first kappa shape index (κ1) is 22.3. The number of hydrogen-bond acceptors (Lipinski definition) is 4. The number of aliphatic imine (C=N–C) groups is 1. The maximum Gasteiger partial charge on any atom is 0.264 e. The van der Waals surface area contributed by atoms with Crippen molar-refractivity contribution < 1.29 is 5.11 Å². The molecular weight excluding hydrogens is 420 g/mol. The molecule has 4 rings (SSSR count). The molecule has 2 aromatic heterocycles. The summed E-state index contributed by atoms with van der Waals surface area (Å²) in [7, 11) is 0. The molecule has 0 radical (unpaired) electrons. The van der Waals surface area contributed by atoms with E-state index >= 15 is 0 Å². The molecule has 3 N–H and O–H groups in total. The van der Waals surface area contributed by atoms with Gasteiger partial charge in [0.1, 0.15) is 5.56 Å². The van der Waals surface area contributed by atoms with Crippen LogP contribution in [0, 0.1) is 4.77 Å². The van der Waals surface area contributed by atoms with Gasteiger partial charge in [0.2, 0.25) is 5.88 Å². The normalized spacial score (nSPS) is 15.3. The maximum atomic E-state index is 12.5. The van der Waals surface area contributed by atoms with Crippen molar-refractivity contribution in [3.05, 3.63) is 68.4 Å². The zero-order chi connectivity index (χ0) is 22.5. The average molecular weight is 451 g/mol. The number of aromatic hydroxyl groups is 1. The molecule has 1 aliphatic rings. The Morgan fingerprint density at radius 3 is 2.94 bits per heavy atom. The first-order chi connectivity index (χ1) is 15.6. The molecule has 3 aromatic rings. The Morgan fingerprint density at radius 1 is 1.31 bits per heavy atom. The number of rotatable bonds is 8. The third-order valence-corrected chi connectivity index (χ3v) is 6.59. The van der Waals surface area contributed by atoms with Crippen molar-refractivity contribution >= 4 is 29.3 Å². The van der Waals surface area contributed by atoms with Crippen LogP contribution in [0.25, 0.3) is 10.9 Å². The van der Waals surface area contributed by atoms with Gasteiger partial charge in [-0.3, -0.25) is 19.3 Å². The summed E-state index contributed by atoms with van der Waals surface area (Å²) in [6.45, 7) is 2.62. The quantitative estimate of drug-likeness (QED) is 0.243. The van der Waals surface area contributed by atoms with Gasteiger partial charge in [-0.25, -0.2) is 0 Å². The number of nitrogens with zero attached hydrogens (tertiary/aromatic N) is 2. The molecule has 1 unspecified atom stereocenters. The van der Waals surface area contributed by atoms with Crippen molar-refractivity contribution in [2.75, 3.05) is 0 Å². The number of aromatic amines is 2. The fourth-order valence-corrected chi connectivity index (χ4v) is 4.59. The van der Waals surface area contributed by atoms with Gasteiger partial charge in [-0.05, 0) is 68.8 Å². The molecule has 0 bridgehead atoms. The van der Waals surface area contributed by atoms with Crippen molar-refractivity contribution in [2.45, 2.75) is 64.5 Å². The zero-order valence-corrected chi connectivity index (χ0v) is 19.3. The Labute approximate surface area is 192 Å². The van der Waals surface area contributed by atoms with Crippen LogP contribution in [0.15, 0.2) is 51.9 Å². The van der Waals surface area contributed by atoms with Crippen LogP contribution in [0.3, 0.4) is 0 Å². The van der Waals surface area contributed by atoms with Crippen molar-refractivity contribution in [3.8, 4) is 5.88 Å². The van der Waals surface area contributed by atoms with Gasteiger partial charge in [0.25, 0.3) is 5.56 Å². The first-order valence-corrected chi connectivity index (χ1v) is 11.8. The highest BCUT2D eigenvalue weighted by Crippen LogP contribution is 2.23. The molecule has 7 heteroatoms. The van der Waals surface area contributed by atoms with Crippen LogP contribution in [0.1, 0.15) is 56.6 Å². The van der Waals surface area contributed by atoms with Crippen LogP contribution in [-0.2, 0) is 13.0 Å². The number of fused-ring (bicyclic) bond motifs is 1. The Hall–Kier alpha value is -2.93. The van der Waals surface area contributed by atoms with E-state index in [9.17, 15) is 9.90 Å². The third-order valence-electron chi connectivity index (χ3n) is 6.26. The highest BCUT2D eigenvalue weighted by molar-refractivity contribution is 7.71. The average Bonchev–Trinajstić information content (AvgIpc) is 3.21. The van der Waals surface area contributed by atoms with Gasteiger partial charge in [-0.15, -0.1) is 0 Å². The lowest BCUT2D eigenvalue weighted by molar-refractivity contribution is 0.402.